The summed E-state index contributed by atoms with van der Waals surface area (Å²) >= 11 is 0. The van der Waals surface area contributed by atoms with Gasteiger partial charge in [-0.3, -0.25) is 9.48 Å². The zero-order chi connectivity index (χ0) is 14.7. The molecule has 0 bridgehead atoms. The number of aryl methyl sites for hydroxylation is 1. The van der Waals surface area contributed by atoms with Gasteiger partial charge in [-0.1, -0.05) is 11.3 Å². The number of phenols is 1. The fourth-order valence-electron chi connectivity index (χ4n) is 1.80. The number of benzene rings is 1. The van der Waals surface area contributed by atoms with Gasteiger partial charge in [-0.2, -0.15) is 0 Å². The lowest BCUT2D eigenvalue weighted by molar-refractivity contribution is 0.102. The predicted molar refractivity (Wildman–Crippen MR) is 74.6 cm³/mol. The molecule has 20 heavy (non-hydrogen) atoms. The van der Waals surface area contributed by atoms with Gasteiger partial charge in [-0.05, 0) is 25.5 Å². The van der Waals surface area contributed by atoms with Crippen molar-refractivity contribution in [1.82, 2.24) is 15.0 Å². The van der Waals surface area contributed by atoms with Crippen molar-refractivity contribution >= 4 is 11.6 Å². The summed E-state index contributed by atoms with van der Waals surface area (Å²) < 4.78 is 1.51. The van der Waals surface area contributed by atoms with E-state index < -0.39 is 0 Å². The van der Waals surface area contributed by atoms with Gasteiger partial charge >= 0.3 is 0 Å². The highest BCUT2D eigenvalue weighted by Crippen LogP contribution is 2.28. The van der Waals surface area contributed by atoms with E-state index in [0.29, 0.717) is 24.3 Å². The molecule has 0 aliphatic rings. The summed E-state index contributed by atoms with van der Waals surface area (Å²) in [7, 11) is 0. The third kappa shape index (κ3) is 2.77. The fourth-order valence-corrected chi connectivity index (χ4v) is 1.80. The summed E-state index contributed by atoms with van der Waals surface area (Å²) in [4.78, 5) is 12.0. The Morgan fingerprint density at radius 2 is 2.20 bits per heavy atom. The summed E-state index contributed by atoms with van der Waals surface area (Å²) in [5, 5.41) is 20.1. The van der Waals surface area contributed by atoms with Gasteiger partial charge < -0.3 is 16.2 Å². The Morgan fingerprint density at radius 1 is 1.45 bits per heavy atom. The average Bonchev–Trinajstić information content (AvgIpc) is 2.88. The van der Waals surface area contributed by atoms with Crippen LogP contribution in [-0.4, -0.2) is 32.6 Å². The maximum absolute atomic E-state index is 12.0. The summed E-state index contributed by atoms with van der Waals surface area (Å²) in [6.07, 6.45) is 1.53. The van der Waals surface area contributed by atoms with E-state index in [1.54, 1.807) is 26.0 Å². The molecule has 7 heteroatoms. The maximum Gasteiger partial charge on any atom is 0.277 e. The second-order valence-electron chi connectivity index (χ2n) is 4.51. The molecule has 0 radical (unpaired) electrons. The Labute approximate surface area is 116 Å². The van der Waals surface area contributed by atoms with Crippen LogP contribution in [0.3, 0.4) is 0 Å². The van der Waals surface area contributed by atoms with Gasteiger partial charge in [0.15, 0.2) is 5.69 Å². The zero-order valence-corrected chi connectivity index (χ0v) is 11.4. The quantitative estimate of drug-likeness (QED) is 0.765. The summed E-state index contributed by atoms with van der Waals surface area (Å²) in [5.41, 5.74) is 7.53. The van der Waals surface area contributed by atoms with Crippen LogP contribution in [0.1, 0.15) is 21.6 Å². The standard InChI is InChI=1S/C13H17N5O2/c1-8-3-4-10(9(2)12(8)19)15-13(20)11-7-18(6-5-14)17-16-11/h3-4,7,19H,5-6,14H2,1-2H3,(H,15,20). The van der Waals surface area contributed by atoms with Crippen molar-refractivity contribution in [2.75, 3.05) is 11.9 Å². The van der Waals surface area contributed by atoms with E-state index in [1.165, 1.54) is 10.9 Å². The SMILES string of the molecule is Cc1ccc(NC(=O)c2cn(CCN)nn2)c(C)c1O. The predicted octanol–water partition coefficient (Wildman–Crippen LogP) is 0.812. The number of carbonyl (C=O) groups excluding carboxylic acids is 1. The van der Waals surface area contributed by atoms with Gasteiger partial charge in [0.2, 0.25) is 0 Å². The van der Waals surface area contributed by atoms with E-state index in [-0.39, 0.29) is 17.4 Å². The van der Waals surface area contributed by atoms with Crippen LogP contribution in [-0.2, 0) is 6.54 Å². The van der Waals surface area contributed by atoms with Crippen molar-refractivity contribution in [3.05, 3.63) is 35.2 Å². The second-order valence-corrected chi connectivity index (χ2v) is 4.51. The number of nitrogens with two attached hydrogens (primary N) is 1. The number of carbonyl (C=O) groups is 1. The molecular weight excluding hydrogens is 258 g/mol. The number of rotatable bonds is 4. The smallest absolute Gasteiger partial charge is 0.277 e. The first-order valence-electron chi connectivity index (χ1n) is 6.23. The average molecular weight is 275 g/mol. The first-order chi connectivity index (χ1) is 9.52. The van der Waals surface area contributed by atoms with Crippen molar-refractivity contribution in [2.24, 2.45) is 5.73 Å². The molecule has 0 unspecified atom stereocenters. The molecule has 1 heterocycles. The number of aromatic nitrogens is 3. The van der Waals surface area contributed by atoms with Gasteiger partial charge in [-0.25, -0.2) is 0 Å². The number of amides is 1. The van der Waals surface area contributed by atoms with Crippen molar-refractivity contribution in [3.63, 3.8) is 0 Å². The van der Waals surface area contributed by atoms with E-state index in [0.717, 1.165) is 5.56 Å². The molecule has 0 fully saturated rings. The topological polar surface area (TPSA) is 106 Å². The van der Waals surface area contributed by atoms with Crippen LogP contribution >= 0.6 is 0 Å². The Morgan fingerprint density at radius 3 is 2.90 bits per heavy atom. The second kappa shape index (κ2) is 5.70. The molecule has 2 rings (SSSR count). The highest BCUT2D eigenvalue weighted by atomic mass is 16.3. The van der Waals surface area contributed by atoms with Crippen LogP contribution in [0.25, 0.3) is 0 Å². The van der Waals surface area contributed by atoms with Gasteiger partial charge in [0.1, 0.15) is 5.75 Å². The molecule has 0 aliphatic heterocycles. The first-order valence-corrected chi connectivity index (χ1v) is 6.23. The maximum atomic E-state index is 12.0. The van der Waals surface area contributed by atoms with Crippen LogP contribution < -0.4 is 11.1 Å². The molecule has 1 aromatic carbocycles. The third-order valence-electron chi connectivity index (χ3n) is 3.01. The summed E-state index contributed by atoms with van der Waals surface area (Å²) in [6.45, 7) is 4.47. The molecule has 0 saturated heterocycles. The Bertz CT molecular complexity index is 636. The Balaban J connectivity index is 2.17. The summed E-state index contributed by atoms with van der Waals surface area (Å²) in [6, 6.07) is 3.48. The van der Waals surface area contributed by atoms with E-state index in [4.69, 9.17) is 5.73 Å². The number of hydrogen-bond acceptors (Lipinski definition) is 5. The number of hydrogen-bond donors (Lipinski definition) is 3. The van der Waals surface area contributed by atoms with Gasteiger partial charge in [0, 0.05) is 17.8 Å². The Kier molecular flexibility index (Phi) is 3.99. The van der Waals surface area contributed by atoms with Crippen LogP contribution in [0.4, 0.5) is 5.69 Å². The van der Waals surface area contributed by atoms with Crippen molar-refractivity contribution < 1.29 is 9.90 Å². The highest BCUT2D eigenvalue weighted by Gasteiger charge is 2.13. The van der Waals surface area contributed by atoms with Crippen LogP contribution in [0.5, 0.6) is 5.75 Å². The highest BCUT2D eigenvalue weighted by molar-refractivity contribution is 6.03. The minimum Gasteiger partial charge on any atom is -0.507 e. The number of nitrogens with one attached hydrogen (secondary N) is 1. The lowest BCUT2D eigenvalue weighted by Crippen LogP contribution is -2.13. The molecule has 0 aliphatic carbocycles. The molecule has 7 nitrogen and oxygen atoms in total. The number of nitrogens with zero attached hydrogens (tertiary/aromatic N) is 3. The van der Waals surface area contributed by atoms with Crippen LogP contribution in [0.2, 0.25) is 0 Å². The van der Waals surface area contributed by atoms with Crippen molar-refractivity contribution in [1.29, 1.82) is 0 Å². The number of anilines is 1. The first kappa shape index (κ1) is 14.0. The normalized spacial score (nSPS) is 10.6. The lowest BCUT2D eigenvalue weighted by Gasteiger charge is -2.10. The van der Waals surface area contributed by atoms with Gasteiger partial charge in [-0.15, -0.1) is 5.10 Å². The number of phenolic OH excluding ortho intramolecular Hbond substituents is 1. The summed E-state index contributed by atoms with van der Waals surface area (Å²) in [5.74, 6) is -0.200. The zero-order valence-electron chi connectivity index (χ0n) is 11.4. The minimum atomic E-state index is -0.375. The number of aromatic hydroxyl groups is 1. The minimum absolute atomic E-state index is 0.176. The third-order valence-corrected chi connectivity index (χ3v) is 3.01. The molecule has 4 N–H and O–H groups in total. The van der Waals surface area contributed by atoms with E-state index in [1.807, 2.05) is 0 Å². The van der Waals surface area contributed by atoms with Crippen LogP contribution in [0, 0.1) is 13.8 Å². The molecule has 1 aromatic heterocycles. The molecule has 1 amide bonds. The van der Waals surface area contributed by atoms with Crippen molar-refractivity contribution in [2.45, 2.75) is 20.4 Å². The monoisotopic (exact) mass is 275 g/mol. The van der Waals surface area contributed by atoms with Gasteiger partial charge in [0.25, 0.3) is 5.91 Å². The molecule has 0 atom stereocenters. The van der Waals surface area contributed by atoms with E-state index in [2.05, 4.69) is 15.6 Å². The molecular formula is C13H17N5O2. The van der Waals surface area contributed by atoms with Crippen molar-refractivity contribution in [3.8, 4) is 5.75 Å². The lowest BCUT2D eigenvalue weighted by atomic mass is 10.1. The molecule has 0 spiro atoms. The molecule has 2 aromatic rings. The van der Waals surface area contributed by atoms with E-state index in [9.17, 15) is 9.90 Å². The van der Waals surface area contributed by atoms with Crippen LogP contribution in [0.15, 0.2) is 18.3 Å². The van der Waals surface area contributed by atoms with E-state index >= 15 is 0 Å². The largest absolute Gasteiger partial charge is 0.507 e. The van der Waals surface area contributed by atoms with Gasteiger partial charge in [0.05, 0.1) is 12.7 Å². The molecule has 0 saturated carbocycles. The Hall–Kier alpha value is -2.41. The fraction of sp³-hybridized carbons (Fsp3) is 0.308. The molecule has 106 valence electrons.